The maximum absolute atomic E-state index is 11.1. The molecule has 0 amide bonds. The molecule has 6 heteroatoms. The third kappa shape index (κ3) is 2.26. The average molecular weight is 305 g/mol. The zero-order chi connectivity index (χ0) is 15.8. The third-order valence-corrected chi connectivity index (χ3v) is 3.53. The van der Waals surface area contributed by atoms with Crippen LogP contribution in [0, 0.1) is 0 Å². The largest absolute Gasteiger partial charge is 0.478 e. The molecule has 4 aromatic rings. The topological polar surface area (TPSA) is 88.2 Å². The summed E-state index contributed by atoms with van der Waals surface area (Å²) >= 11 is 0. The van der Waals surface area contributed by atoms with E-state index in [0.29, 0.717) is 22.6 Å². The normalized spacial score (nSPS) is 11.0. The van der Waals surface area contributed by atoms with Crippen molar-refractivity contribution in [1.29, 1.82) is 0 Å². The molecular weight excluding hydrogens is 294 g/mol. The Kier molecular flexibility index (Phi) is 2.94. The van der Waals surface area contributed by atoms with E-state index in [9.17, 15) is 4.79 Å². The third-order valence-electron chi connectivity index (χ3n) is 3.53. The van der Waals surface area contributed by atoms with E-state index in [0.717, 1.165) is 11.0 Å². The van der Waals surface area contributed by atoms with E-state index in [1.165, 1.54) is 12.4 Å². The molecule has 0 saturated heterocycles. The van der Waals surface area contributed by atoms with Crippen LogP contribution in [0.15, 0.2) is 59.3 Å². The summed E-state index contributed by atoms with van der Waals surface area (Å²) in [6.45, 7) is 0. The quantitative estimate of drug-likeness (QED) is 0.598. The first-order chi connectivity index (χ1) is 11.2. The number of carboxylic acids is 1. The fourth-order valence-corrected chi connectivity index (χ4v) is 2.48. The SMILES string of the molecule is O=C(O)c1cccc(Nc2ncnc3c2oc2ccccc23)c1. The van der Waals surface area contributed by atoms with Crippen molar-refractivity contribution in [2.24, 2.45) is 0 Å². The Bertz CT molecular complexity index is 1040. The first-order valence-corrected chi connectivity index (χ1v) is 6.95. The monoisotopic (exact) mass is 305 g/mol. The minimum Gasteiger partial charge on any atom is -0.478 e. The van der Waals surface area contributed by atoms with Crippen LogP contribution in [-0.2, 0) is 0 Å². The molecule has 4 rings (SSSR count). The number of carboxylic acid groups (broad SMARTS) is 1. The van der Waals surface area contributed by atoms with Crippen LogP contribution < -0.4 is 5.32 Å². The Morgan fingerprint density at radius 1 is 1.09 bits per heavy atom. The highest BCUT2D eigenvalue weighted by atomic mass is 16.4. The van der Waals surface area contributed by atoms with E-state index in [2.05, 4.69) is 15.3 Å². The van der Waals surface area contributed by atoms with Crippen molar-refractivity contribution in [1.82, 2.24) is 9.97 Å². The van der Waals surface area contributed by atoms with Crippen LogP contribution in [0.2, 0.25) is 0 Å². The van der Waals surface area contributed by atoms with Crippen molar-refractivity contribution in [3.05, 3.63) is 60.4 Å². The number of rotatable bonds is 3. The van der Waals surface area contributed by atoms with E-state index >= 15 is 0 Å². The molecule has 2 aromatic heterocycles. The molecule has 0 aliphatic carbocycles. The van der Waals surface area contributed by atoms with Gasteiger partial charge in [0.05, 0.1) is 5.56 Å². The maximum Gasteiger partial charge on any atom is 0.335 e. The van der Waals surface area contributed by atoms with E-state index in [4.69, 9.17) is 9.52 Å². The van der Waals surface area contributed by atoms with Gasteiger partial charge in [-0.25, -0.2) is 14.8 Å². The summed E-state index contributed by atoms with van der Waals surface area (Å²) < 4.78 is 5.83. The number of carbonyl (C=O) groups is 1. The van der Waals surface area contributed by atoms with Crippen LogP contribution in [0.1, 0.15) is 10.4 Å². The number of anilines is 2. The van der Waals surface area contributed by atoms with Gasteiger partial charge in [-0.15, -0.1) is 0 Å². The molecule has 23 heavy (non-hydrogen) atoms. The van der Waals surface area contributed by atoms with Crippen LogP contribution >= 0.6 is 0 Å². The lowest BCUT2D eigenvalue weighted by Crippen LogP contribution is -1.99. The Hall–Kier alpha value is -3.41. The van der Waals surface area contributed by atoms with E-state index in [1.54, 1.807) is 18.2 Å². The van der Waals surface area contributed by atoms with Crippen molar-refractivity contribution in [3.8, 4) is 0 Å². The molecule has 2 aromatic carbocycles. The van der Waals surface area contributed by atoms with Crippen molar-refractivity contribution in [3.63, 3.8) is 0 Å². The molecule has 0 unspecified atom stereocenters. The highest BCUT2D eigenvalue weighted by Crippen LogP contribution is 2.31. The molecular formula is C17H11N3O3. The van der Waals surface area contributed by atoms with E-state index in [1.807, 2.05) is 24.3 Å². The van der Waals surface area contributed by atoms with Crippen molar-refractivity contribution < 1.29 is 14.3 Å². The lowest BCUT2D eigenvalue weighted by atomic mass is 10.2. The number of hydrogen-bond acceptors (Lipinski definition) is 5. The van der Waals surface area contributed by atoms with Gasteiger partial charge < -0.3 is 14.8 Å². The lowest BCUT2D eigenvalue weighted by Gasteiger charge is -2.06. The number of furan rings is 1. The Labute approximate surface area is 130 Å². The van der Waals surface area contributed by atoms with Crippen LogP contribution in [-0.4, -0.2) is 21.0 Å². The molecule has 0 fully saturated rings. The maximum atomic E-state index is 11.1. The minimum atomic E-state index is -0.981. The van der Waals surface area contributed by atoms with Crippen LogP contribution in [0.25, 0.3) is 22.1 Å². The van der Waals surface area contributed by atoms with Gasteiger partial charge in [0, 0.05) is 11.1 Å². The fraction of sp³-hybridized carbons (Fsp3) is 0. The second-order valence-electron chi connectivity index (χ2n) is 5.01. The number of aromatic carboxylic acids is 1. The Balaban J connectivity index is 1.83. The molecule has 2 N–H and O–H groups in total. The summed E-state index contributed by atoms with van der Waals surface area (Å²) in [4.78, 5) is 19.6. The Morgan fingerprint density at radius 3 is 2.83 bits per heavy atom. The highest BCUT2D eigenvalue weighted by Gasteiger charge is 2.13. The number of benzene rings is 2. The fourth-order valence-electron chi connectivity index (χ4n) is 2.48. The van der Waals surface area contributed by atoms with Gasteiger partial charge in [-0.1, -0.05) is 18.2 Å². The summed E-state index contributed by atoms with van der Waals surface area (Å²) in [6.07, 6.45) is 1.45. The van der Waals surface area contributed by atoms with Gasteiger partial charge in [-0.05, 0) is 30.3 Å². The zero-order valence-corrected chi connectivity index (χ0v) is 11.9. The second kappa shape index (κ2) is 5.10. The van der Waals surface area contributed by atoms with Gasteiger partial charge in [-0.3, -0.25) is 0 Å². The average Bonchev–Trinajstić information content (AvgIpc) is 2.95. The molecule has 6 nitrogen and oxygen atoms in total. The standard InChI is InChI=1S/C17H11N3O3/c21-17(22)10-4-3-5-11(8-10)20-16-15-14(18-9-19-16)12-6-1-2-7-13(12)23-15/h1-9H,(H,21,22)(H,18,19,20). The summed E-state index contributed by atoms with van der Waals surface area (Å²) in [5.41, 5.74) is 2.79. The summed E-state index contributed by atoms with van der Waals surface area (Å²) in [5.74, 6) is -0.487. The molecule has 0 bridgehead atoms. The summed E-state index contributed by atoms with van der Waals surface area (Å²) in [5, 5.41) is 13.1. The Morgan fingerprint density at radius 2 is 1.96 bits per heavy atom. The minimum absolute atomic E-state index is 0.199. The first-order valence-electron chi connectivity index (χ1n) is 6.95. The summed E-state index contributed by atoms with van der Waals surface area (Å²) in [6, 6.07) is 14.1. The van der Waals surface area contributed by atoms with Gasteiger partial charge in [0.15, 0.2) is 11.4 Å². The van der Waals surface area contributed by atoms with E-state index in [-0.39, 0.29) is 5.56 Å². The van der Waals surface area contributed by atoms with Crippen LogP contribution in [0.4, 0.5) is 11.5 Å². The molecule has 0 aliphatic heterocycles. The molecule has 0 atom stereocenters. The highest BCUT2D eigenvalue weighted by molar-refractivity contribution is 6.05. The van der Waals surface area contributed by atoms with Crippen molar-refractivity contribution >= 4 is 39.5 Å². The predicted octanol–water partition coefficient (Wildman–Crippen LogP) is 3.82. The number of para-hydroxylation sites is 1. The number of aromatic nitrogens is 2. The molecule has 0 radical (unpaired) electrons. The summed E-state index contributed by atoms with van der Waals surface area (Å²) in [7, 11) is 0. The number of fused-ring (bicyclic) bond motifs is 3. The first kappa shape index (κ1) is 13.3. The van der Waals surface area contributed by atoms with Crippen LogP contribution in [0.5, 0.6) is 0 Å². The smallest absolute Gasteiger partial charge is 0.335 e. The van der Waals surface area contributed by atoms with Crippen molar-refractivity contribution in [2.45, 2.75) is 0 Å². The number of nitrogens with one attached hydrogen (secondary N) is 1. The molecule has 0 aliphatic rings. The van der Waals surface area contributed by atoms with Gasteiger partial charge in [0.2, 0.25) is 0 Å². The van der Waals surface area contributed by atoms with Gasteiger partial charge in [0.1, 0.15) is 17.4 Å². The predicted molar refractivity (Wildman–Crippen MR) is 86.0 cm³/mol. The molecule has 2 heterocycles. The molecule has 0 spiro atoms. The second-order valence-corrected chi connectivity index (χ2v) is 5.01. The lowest BCUT2D eigenvalue weighted by molar-refractivity contribution is 0.0697. The molecule has 0 saturated carbocycles. The molecule has 112 valence electrons. The number of hydrogen-bond donors (Lipinski definition) is 2. The van der Waals surface area contributed by atoms with Gasteiger partial charge >= 0.3 is 5.97 Å². The zero-order valence-electron chi connectivity index (χ0n) is 11.9. The van der Waals surface area contributed by atoms with Crippen molar-refractivity contribution in [2.75, 3.05) is 5.32 Å². The van der Waals surface area contributed by atoms with Gasteiger partial charge in [0.25, 0.3) is 0 Å². The van der Waals surface area contributed by atoms with E-state index < -0.39 is 5.97 Å². The van der Waals surface area contributed by atoms with Crippen LogP contribution in [0.3, 0.4) is 0 Å². The van der Waals surface area contributed by atoms with Gasteiger partial charge in [-0.2, -0.15) is 0 Å². The number of nitrogens with zero attached hydrogens (tertiary/aromatic N) is 2.